The van der Waals surface area contributed by atoms with E-state index >= 15 is 0 Å². The monoisotopic (exact) mass is 438 g/mol. The Morgan fingerprint density at radius 3 is 2.45 bits per heavy atom. The van der Waals surface area contributed by atoms with Crippen LogP contribution in [0.3, 0.4) is 0 Å². The summed E-state index contributed by atoms with van der Waals surface area (Å²) in [5.41, 5.74) is 1.49. The van der Waals surface area contributed by atoms with Gasteiger partial charge in [-0.2, -0.15) is 0 Å². The molecule has 8 heteroatoms. The van der Waals surface area contributed by atoms with Gasteiger partial charge in [0.1, 0.15) is 0 Å². The van der Waals surface area contributed by atoms with Crippen LogP contribution in [0.15, 0.2) is 36.4 Å². The highest BCUT2D eigenvalue weighted by molar-refractivity contribution is 6.42. The first kappa shape index (κ1) is 21.7. The Balaban J connectivity index is 1.80. The molecule has 0 aromatic heterocycles. The van der Waals surface area contributed by atoms with Crippen molar-refractivity contribution < 1.29 is 19.0 Å². The van der Waals surface area contributed by atoms with Gasteiger partial charge < -0.3 is 19.5 Å². The molecule has 2 aromatic rings. The average molecular weight is 439 g/mol. The second-order valence-corrected chi connectivity index (χ2v) is 7.43. The number of rotatable bonds is 7. The molecule has 29 heavy (non-hydrogen) atoms. The lowest BCUT2D eigenvalue weighted by Gasteiger charge is -2.35. The van der Waals surface area contributed by atoms with Crippen molar-refractivity contribution in [3.63, 3.8) is 0 Å². The fraction of sp³-hybridized carbons (Fsp3) is 0.381. The van der Waals surface area contributed by atoms with Crippen molar-refractivity contribution in [3.8, 4) is 11.5 Å². The maximum atomic E-state index is 12.6. The molecule has 0 spiro atoms. The van der Waals surface area contributed by atoms with Gasteiger partial charge in [-0.15, -0.1) is 0 Å². The molecule has 1 saturated heterocycles. The second kappa shape index (κ2) is 10.2. The molecule has 0 radical (unpaired) electrons. The van der Waals surface area contributed by atoms with E-state index in [0.29, 0.717) is 46.9 Å². The third-order valence-corrected chi connectivity index (χ3v) is 5.66. The van der Waals surface area contributed by atoms with E-state index in [4.69, 9.17) is 37.4 Å². The third kappa shape index (κ3) is 5.34. The first-order chi connectivity index (χ1) is 14.0. The van der Waals surface area contributed by atoms with Crippen LogP contribution in [0.1, 0.15) is 22.0 Å². The van der Waals surface area contributed by atoms with Gasteiger partial charge in [-0.1, -0.05) is 29.3 Å². The number of carbonyl (C=O) groups excluding carboxylic acids is 1. The number of hydrogen-bond donors (Lipinski definition) is 1. The lowest BCUT2D eigenvalue weighted by molar-refractivity contribution is 0.0162. The SMILES string of the molecule is COc1ccc(C(CNC(=O)c2ccc(Cl)c(Cl)c2)N2CCOCC2)cc1OC. The van der Waals surface area contributed by atoms with Crippen LogP contribution in [0.5, 0.6) is 11.5 Å². The quantitative estimate of drug-likeness (QED) is 0.711. The summed E-state index contributed by atoms with van der Waals surface area (Å²) in [4.78, 5) is 14.9. The maximum absolute atomic E-state index is 12.6. The Hall–Kier alpha value is -1.99. The minimum Gasteiger partial charge on any atom is -0.493 e. The second-order valence-electron chi connectivity index (χ2n) is 6.62. The Kier molecular flexibility index (Phi) is 7.61. The molecule has 1 N–H and O–H groups in total. The summed E-state index contributed by atoms with van der Waals surface area (Å²) < 4.78 is 16.3. The van der Waals surface area contributed by atoms with Gasteiger partial charge >= 0.3 is 0 Å². The van der Waals surface area contributed by atoms with Gasteiger partial charge in [0.25, 0.3) is 5.91 Å². The van der Waals surface area contributed by atoms with Crippen molar-refractivity contribution in [1.29, 1.82) is 0 Å². The summed E-state index contributed by atoms with van der Waals surface area (Å²) in [6.07, 6.45) is 0. The van der Waals surface area contributed by atoms with Gasteiger partial charge in [0, 0.05) is 25.2 Å². The van der Waals surface area contributed by atoms with Crippen molar-refractivity contribution in [2.24, 2.45) is 0 Å². The Morgan fingerprint density at radius 1 is 1.07 bits per heavy atom. The lowest BCUT2D eigenvalue weighted by atomic mass is 10.0. The minimum atomic E-state index is -0.206. The number of halogens is 2. The van der Waals surface area contributed by atoms with E-state index in [1.165, 1.54) is 0 Å². The Morgan fingerprint density at radius 2 is 1.79 bits per heavy atom. The summed E-state index contributed by atoms with van der Waals surface area (Å²) in [5, 5.41) is 3.78. The molecular weight excluding hydrogens is 415 g/mol. The van der Waals surface area contributed by atoms with Gasteiger partial charge in [0.05, 0.1) is 43.5 Å². The topological polar surface area (TPSA) is 60.0 Å². The van der Waals surface area contributed by atoms with Crippen LogP contribution >= 0.6 is 23.2 Å². The zero-order chi connectivity index (χ0) is 20.8. The molecule has 1 amide bonds. The molecule has 1 unspecified atom stereocenters. The molecular formula is C21H24Cl2N2O4. The van der Waals surface area contributed by atoms with E-state index < -0.39 is 0 Å². The maximum Gasteiger partial charge on any atom is 0.251 e. The average Bonchev–Trinajstić information content (AvgIpc) is 2.76. The fourth-order valence-corrected chi connectivity index (χ4v) is 3.63. The molecule has 1 aliphatic heterocycles. The highest BCUT2D eigenvalue weighted by Crippen LogP contribution is 2.32. The summed E-state index contributed by atoms with van der Waals surface area (Å²) in [6.45, 7) is 3.30. The van der Waals surface area contributed by atoms with Crippen molar-refractivity contribution >= 4 is 29.1 Å². The zero-order valence-electron chi connectivity index (χ0n) is 16.4. The normalized spacial score (nSPS) is 15.6. The van der Waals surface area contributed by atoms with E-state index in [1.807, 2.05) is 18.2 Å². The minimum absolute atomic E-state index is 0.0366. The van der Waals surface area contributed by atoms with Crippen LogP contribution < -0.4 is 14.8 Å². The standard InChI is InChI=1S/C21H24Cl2N2O4/c1-27-19-6-4-14(12-20(19)28-2)18(25-7-9-29-10-8-25)13-24-21(26)15-3-5-16(22)17(23)11-15/h3-6,11-12,18H,7-10,13H2,1-2H3,(H,24,26). The highest BCUT2D eigenvalue weighted by atomic mass is 35.5. The molecule has 2 aromatic carbocycles. The number of ether oxygens (including phenoxy) is 3. The molecule has 1 fully saturated rings. The number of carbonyl (C=O) groups is 1. The Bertz CT molecular complexity index is 857. The van der Waals surface area contributed by atoms with Gasteiger partial charge in [0.15, 0.2) is 11.5 Å². The summed E-state index contributed by atoms with van der Waals surface area (Å²) in [5.74, 6) is 1.11. The van der Waals surface area contributed by atoms with Crippen molar-refractivity contribution in [2.75, 3.05) is 47.1 Å². The number of morpholine rings is 1. The smallest absolute Gasteiger partial charge is 0.251 e. The van der Waals surface area contributed by atoms with Crippen LogP contribution in [-0.4, -0.2) is 57.9 Å². The molecule has 1 atom stereocenters. The lowest BCUT2D eigenvalue weighted by Crippen LogP contribution is -2.43. The summed E-state index contributed by atoms with van der Waals surface area (Å²) >= 11 is 12.0. The van der Waals surface area contributed by atoms with E-state index in [-0.39, 0.29) is 11.9 Å². The third-order valence-electron chi connectivity index (χ3n) is 4.92. The molecule has 0 saturated carbocycles. The van der Waals surface area contributed by atoms with Crippen molar-refractivity contribution in [1.82, 2.24) is 10.2 Å². The van der Waals surface area contributed by atoms with Crippen LogP contribution in [0.25, 0.3) is 0 Å². The largest absolute Gasteiger partial charge is 0.493 e. The Labute approximate surface area is 180 Å². The molecule has 0 bridgehead atoms. The summed E-state index contributed by atoms with van der Waals surface area (Å²) in [7, 11) is 3.21. The van der Waals surface area contributed by atoms with Gasteiger partial charge in [-0.25, -0.2) is 0 Å². The zero-order valence-corrected chi connectivity index (χ0v) is 17.9. The van der Waals surface area contributed by atoms with E-state index in [9.17, 15) is 4.79 Å². The molecule has 156 valence electrons. The van der Waals surface area contributed by atoms with Gasteiger partial charge in [0.2, 0.25) is 0 Å². The van der Waals surface area contributed by atoms with Crippen LogP contribution in [0.2, 0.25) is 10.0 Å². The molecule has 6 nitrogen and oxygen atoms in total. The van der Waals surface area contributed by atoms with Crippen LogP contribution in [0, 0.1) is 0 Å². The van der Waals surface area contributed by atoms with Gasteiger partial charge in [-0.05, 0) is 35.9 Å². The van der Waals surface area contributed by atoms with Crippen LogP contribution in [0.4, 0.5) is 0 Å². The van der Waals surface area contributed by atoms with E-state index in [0.717, 1.165) is 18.7 Å². The molecule has 1 aliphatic rings. The van der Waals surface area contributed by atoms with Crippen molar-refractivity contribution in [2.45, 2.75) is 6.04 Å². The van der Waals surface area contributed by atoms with Crippen LogP contribution in [-0.2, 0) is 4.74 Å². The number of amides is 1. The fourth-order valence-electron chi connectivity index (χ4n) is 3.34. The predicted molar refractivity (Wildman–Crippen MR) is 113 cm³/mol. The highest BCUT2D eigenvalue weighted by Gasteiger charge is 2.24. The number of nitrogens with one attached hydrogen (secondary N) is 1. The number of nitrogens with zero attached hydrogens (tertiary/aromatic N) is 1. The molecule has 1 heterocycles. The first-order valence-electron chi connectivity index (χ1n) is 9.30. The van der Waals surface area contributed by atoms with E-state index in [1.54, 1.807) is 32.4 Å². The summed E-state index contributed by atoms with van der Waals surface area (Å²) in [6, 6.07) is 10.6. The predicted octanol–water partition coefficient (Wildman–Crippen LogP) is 3.81. The molecule has 0 aliphatic carbocycles. The number of hydrogen-bond acceptors (Lipinski definition) is 5. The number of methoxy groups -OCH3 is 2. The van der Waals surface area contributed by atoms with E-state index in [2.05, 4.69) is 10.2 Å². The first-order valence-corrected chi connectivity index (χ1v) is 10.1. The van der Waals surface area contributed by atoms with Gasteiger partial charge in [-0.3, -0.25) is 9.69 Å². The van der Waals surface area contributed by atoms with Crippen molar-refractivity contribution in [3.05, 3.63) is 57.6 Å². The number of benzene rings is 2. The molecule has 3 rings (SSSR count).